The fourth-order valence-electron chi connectivity index (χ4n) is 4.59. The molecule has 0 saturated carbocycles. The molecule has 144 valence electrons. The van der Waals surface area contributed by atoms with Crippen LogP contribution in [-0.2, 0) is 0 Å². The predicted molar refractivity (Wildman–Crippen MR) is 120 cm³/mol. The third kappa shape index (κ3) is 2.50. The maximum atomic E-state index is 5.21. The highest BCUT2D eigenvalue weighted by Crippen LogP contribution is 2.49. The van der Waals surface area contributed by atoms with Crippen LogP contribution in [0.25, 0.3) is 28.3 Å². The number of aryl methyl sites for hydroxylation is 1. The molecule has 4 heteroatoms. The summed E-state index contributed by atoms with van der Waals surface area (Å²) in [6.07, 6.45) is 9.96. The van der Waals surface area contributed by atoms with Gasteiger partial charge in [-0.2, -0.15) is 0 Å². The van der Waals surface area contributed by atoms with Gasteiger partial charge in [-0.3, -0.25) is 14.5 Å². The van der Waals surface area contributed by atoms with Crippen LogP contribution in [0.5, 0.6) is 0 Å². The SMILES string of the molecule is Cc1ccc(-n2c(-c3ccccc3)nc3c2C2C=CN=CC2c2cnccc2-3)cc1. The van der Waals surface area contributed by atoms with E-state index in [1.165, 1.54) is 16.8 Å². The second-order valence-electron chi connectivity index (χ2n) is 7.86. The van der Waals surface area contributed by atoms with Crippen LogP contribution < -0.4 is 0 Å². The van der Waals surface area contributed by atoms with Crippen molar-refractivity contribution in [2.75, 3.05) is 0 Å². The first-order valence-corrected chi connectivity index (χ1v) is 10.2. The van der Waals surface area contributed by atoms with E-state index in [1.54, 1.807) is 0 Å². The predicted octanol–water partition coefficient (Wildman–Crippen LogP) is 5.69. The number of fused-ring (bicyclic) bond motifs is 6. The molecule has 3 heterocycles. The van der Waals surface area contributed by atoms with Gasteiger partial charge < -0.3 is 0 Å². The van der Waals surface area contributed by atoms with Crippen molar-refractivity contribution >= 4 is 6.21 Å². The molecule has 0 amide bonds. The molecule has 0 bridgehead atoms. The lowest BCUT2D eigenvalue weighted by atomic mass is 9.76. The molecule has 0 radical (unpaired) electrons. The lowest BCUT2D eigenvalue weighted by Gasteiger charge is -2.31. The summed E-state index contributed by atoms with van der Waals surface area (Å²) in [5.74, 6) is 1.29. The lowest BCUT2D eigenvalue weighted by molar-refractivity contribution is 0.714. The van der Waals surface area contributed by atoms with Gasteiger partial charge in [0.25, 0.3) is 0 Å². The fourth-order valence-corrected chi connectivity index (χ4v) is 4.59. The van der Waals surface area contributed by atoms with E-state index in [4.69, 9.17) is 4.98 Å². The topological polar surface area (TPSA) is 43.1 Å². The van der Waals surface area contributed by atoms with E-state index >= 15 is 0 Å². The van der Waals surface area contributed by atoms with Crippen LogP contribution in [0.2, 0.25) is 0 Å². The standard InChI is InChI=1S/C26H20N4/c1-17-7-9-19(10-8-17)30-25-21-12-14-28-16-23(21)22-15-27-13-11-20(22)24(25)29-26(30)18-5-3-2-4-6-18/h2-16,21,23H,1H3. The molecule has 2 atom stereocenters. The molecule has 0 fully saturated rings. The molecule has 0 spiro atoms. The summed E-state index contributed by atoms with van der Waals surface area (Å²) in [5, 5.41) is 0. The molecule has 2 aromatic heterocycles. The largest absolute Gasteiger partial charge is 0.295 e. The van der Waals surface area contributed by atoms with Crippen LogP contribution in [0.3, 0.4) is 0 Å². The van der Waals surface area contributed by atoms with Crippen molar-refractivity contribution in [2.24, 2.45) is 4.99 Å². The first-order chi connectivity index (χ1) is 14.8. The maximum absolute atomic E-state index is 5.21. The molecule has 30 heavy (non-hydrogen) atoms. The van der Waals surface area contributed by atoms with E-state index in [-0.39, 0.29) is 11.8 Å². The number of pyridine rings is 1. The van der Waals surface area contributed by atoms with E-state index in [9.17, 15) is 0 Å². The van der Waals surface area contributed by atoms with Crippen LogP contribution in [-0.4, -0.2) is 20.7 Å². The minimum Gasteiger partial charge on any atom is -0.295 e. The second-order valence-corrected chi connectivity index (χ2v) is 7.86. The first-order valence-electron chi connectivity index (χ1n) is 10.2. The van der Waals surface area contributed by atoms with E-state index < -0.39 is 0 Å². The summed E-state index contributed by atoms with van der Waals surface area (Å²) < 4.78 is 2.33. The minimum absolute atomic E-state index is 0.163. The number of rotatable bonds is 2. The Hall–Kier alpha value is -3.79. The number of benzene rings is 2. The van der Waals surface area contributed by atoms with Crippen LogP contribution >= 0.6 is 0 Å². The monoisotopic (exact) mass is 388 g/mol. The smallest absolute Gasteiger partial charge is 0.145 e. The zero-order valence-corrected chi connectivity index (χ0v) is 16.6. The molecule has 4 nitrogen and oxygen atoms in total. The molecule has 1 aliphatic heterocycles. The van der Waals surface area contributed by atoms with Gasteiger partial charge in [0.2, 0.25) is 0 Å². The van der Waals surface area contributed by atoms with Crippen molar-refractivity contribution in [1.29, 1.82) is 0 Å². The van der Waals surface area contributed by atoms with Crippen LogP contribution in [0.15, 0.2) is 90.3 Å². The van der Waals surface area contributed by atoms with E-state index in [1.807, 2.05) is 30.9 Å². The summed E-state index contributed by atoms with van der Waals surface area (Å²) in [5.41, 5.74) is 8.06. The van der Waals surface area contributed by atoms with Crippen LogP contribution in [0.1, 0.15) is 28.7 Å². The number of aliphatic imine (C=N–C) groups is 1. The highest BCUT2D eigenvalue weighted by molar-refractivity contribution is 5.84. The number of aromatic nitrogens is 3. The Balaban J connectivity index is 1.71. The molecule has 2 unspecified atom stereocenters. The normalized spacial score (nSPS) is 18.6. The van der Waals surface area contributed by atoms with Gasteiger partial charge in [-0.1, -0.05) is 54.1 Å². The van der Waals surface area contributed by atoms with Crippen molar-refractivity contribution in [3.05, 3.63) is 102 Å². The Morgan fingerprint density at radius 2 is 1.73 bits per heavy atom. The van der Waals surface area contributed by atoms with Crippen molar-refractivity contribution in [3.63, 3.8) is 0 Å². The molecule has 6 rings (SSSR count). The molecular weight excluding hydrogens is 368 g/mol. The molecule has 1 aliphatic carbocycles. The summed E-state index contributed by atoms with van der Waals surface area (Å²) in [6.45, 7) is 2.12. The van der Waals surface area contributed by atoms with Gasteiger partial charge in [0.05, 0.1) is 11.4 Å². The Labute approximate surface area is 175 Å². The molecule has 4 aromatic rings. The third-order valence-corrected chi connectivity index (χ3v) is 6.03. The van der Waals surface area contributed by atoms with Gasteiger partial charge in [-0.15, -0.1) is 0 Å². The zero-order chi connectivity index (χ0) is 20.1. The second kappa shape index (κ2) is 6.63. The molecule has 2 aliphatic rings. The number of allylic oxidation sites excluding steroid dienone is 1. The summed E-state index contributed by atoms with van der Waals surface area (Å²) >= 11 is 0. The van der Waals surface area contributed by atoms with Gasteiger partial charge in [0.15, 0.2) is 0 Å². The fraction of sp³-hybridized carbons (Fsp3) is 0.115. The van der Waals surface area contributed by atoms with Gasteiger partial charge in [0, 0.05) is 53.5 Å². The molecule has 0 N–H and O–H groups in total. The summed E-state index contributed by atoms with van der Waals surface area (Å²) in [6, 6.07) is 21.2. The van der Waals surface area contributed by atoms with Crippen molar-refractivity contribution in [2.45, 2.75) is 18.8 Å². The first kappa shape index (κ1) is 17.1. The summed E-state index contributed by atoms with van der Waals surface area (Å²) in [7, 11) is 0. The summed E-state index contributed by atoms with van der Waals surface area (Å²) in [4.78, 5) is 14.1. The Kier molecular flexibility index (Phi) is 3.78. The van der Waals surface area contributed by atoms with Gasteiger partial charge in [-0.25, -0.2) is 4.98 Å². The third-order valence-electron chi connectivity index (χ3n) is 6.03. The molecule has 2 aromatic carbocycles. The average molecular weight is 388 g/mol. The quantitative estimate of drug-likeness (QED) is 0.443. The minimum atomic E-state index is 0.163. The number of hydrogen-bond acceptors (Lipinski definition) is 3. The Bertz CT molecular complexity index is 1300. The molecular formula is C26H20N4. The Morgan fingerprint density at radius 3 is 2.57 bits per heavy atom. The number of nitrogens with zero attached hydrogens (tertiary/aromatic N) is 4. The van der Waals surface area contributed by atoms with E-state index in [0.717, 1.165) is 28.3 Å². The Morgan fingerprint density at radius 1 is 0.900 bits per heavy atom. The number of hydrogen-bond donors (Lipinski definition) is 0. The lowest BCUT2D eigenvalue weighted by Crippen LogP contribution is -2.21. The van der Waals surface area contributed by atoms with Gasteiger partial charge >= 0.3 is 0 Å². The molecule has 0 saturated heterocycles. The van der Waals surface area contributed by atoms with Crippen molar-refractivity contribution in [3.8, 4) is 28.3 Å². The highest BCUT2D eigenvalue weighted by Gasteiger charge is 2.38. The van der Waals surface area contributed by atoms with Gasteiger partial charge in [-0.05, 0) is 30.7 Å². The highest BCUT2D eigenvalue weighted by atomic mass is 15.1. The van der Waals surface area contributed by atoms with Crippen LogP contribution in [0.4, 0.5) is 0 Å². The van der Waals surface area contributed by atoms with E-state index in [2.05, 4.69) is 82.1 Å². The van der Waals surface area contributed by atoms with E-state index in [0.29, 0.717) is 0 Å². The van der Waals surface area contributed by atoms with Gasteiger partial charge in [0.1, 0.15) is 5.82 Å². The number of imidazole rings is 1. The maximum Gasteiger partial charge on any atom is 0.145 e. The zero-order valence-electron chi connectivity index (χ0n) is 16.6. The van der Waals surface area contributed by atoms with Crippen molar-refractivity contribution in [1.82, 2.24) is 14.5 Å². The average Bonchev–Trinajstić information content (AvgIpc) is 3.21. The van der Waals surface area contributed by atoms with Crippen LogP contribution in [0, 0.1) is 6.92 Å². The van der Waals surface area contributed by atoms with Crippen molar-refractivity contribution < 1.29 is 0 Å².